The van der Waals surface area contributed by atoms with E-state index in [2.05, 4.69) is 5.32 Å². The normalized spacial score (nSPS) is 33.7. The van der Waals surface area contributed by atoms with Gasteiger partial charge < -0.3 is 15.3 Å². The van der Waals surface area contributed by atoms with E-state index in [1.807, 2.05) is 0 Å². The minimum absolute atomic E-state index is 0.0784. The summed E-state index contributed by atoms with van der Waals surface area (Å²) in [6.07, 6.45) is 3.34. The largest absolute Gasteiger partial charge is 0.481 e. The molecule has 0 saturated carbocycles. The number of carboxylic acids is 1. The Kier molecular flexibility index (Phi) is 3.38. The van der Waals surface area contributed by atoms with Gasteiger partial charge >= 0.3 is 5.97 Å². The molecular formula is C12H20N2O3. The molecule has 2 atom stereocenters. The van der Waals surface area contributed by atoms with Crippen molar-refractivity contribution in [3.8, 4) is 0 Å². The van der Waals surface area contributed by atoms with Gasteiger partial charge in [0.2, 0.25) is 5.91 Å². The van der Waals surface area contributed by atoms with Crippen molar-refractivity contribution in [2.75, 3.05) is 19.6 Å². The molecule has 2 rings (SSSR count). The molecule has 0 aliphatic carbocycles. The molecule has 2 aliphatic rings. The van der Waals surface area contributed by atoms with Crippen LogP contribution >= 0.6 is 0 Å². The molecule has 0 aromatic rings. The Balaban J connectivity index is 2.01. The Morgan fingerprint density at radius 1 is 1.41 bits per heavy atom. The highest BCUT2D eigenvalue weighted by molar-refractivity contribution is 5.83. The standard InChI is InChI=1S/C12H20N2O3/c1-12(11(16)17)5-3-7-14(8-12)10(15)9-4-2-6-13-9/h9,13H,2-8H2,1H3,(H,16,17). The third kappa shape index (κ3) is 2.44. The Morgan fingerprint density at radius 2 is 2.18 bits per heavy atom. The van der Waals surface area contributed by atoms with E-state index in [0.29, 0.717) is 19.5 Å². The van der Waals surface area contributed by atoms with E-state index in [0.717, 1.165) is 25.8 Å². The fourth-order valence-electron chi connectivity index (χ4n) is 2.72. The van der Waals surface area contributed by atoms with Crippen molar-refractivity contribution in [2.24, 2.45) is 5.41 Å². The lowest BCUT2D eigenvalue weighted by Crippen LogP contribution is -2.52. The topological polar surface area (TPSA) is 69.6 Å². The summed E-state index contributed by atoms with van der Waals surface area (Å²) in [6, 6.07) is -0.0915. The first kappa shape index (κ1) is 12.4. The van der Waals surface area contributed by atoms with Gasteiger partial charge in [-0.05, 0) is 39.2 Å². The van der Waals surface area contributed by atoms with Crippen LogP contribution in [0, 0.1) is 5.41 Å². The van der Waals surface area contributed by atoms with Crippen LogP contribution in [0.2, 0.25) is 0 Å². The number of aliphatic carboxylic acids is 1. The van der Waals surface area contributed by atoms with Gasteiger partial charge in [0.1, 0.15) is 0 Å². The first-order valence-electron chi connectivity index (χ1n) is 6.28. The van der Waals surface area contributed by atoms with Crippen LogP contribution in [0.5, 0.6) is 0 Å². The highest BCUT2D eigenvalue weighted by Gasteiger charge is 2.40. The summed E-state index contributed by atoms with van der Waals surface area (Å²) in [7, 11) is 0. The zero-order valence-corrected chi connectivity index (χ0v) is 10.2. The lowest BCUT2D eigenvalue weighted by molar-refractivity contribution is -0.153. The third-order valence-corrected chi connectivity index (χ3v) is 3.88. The number of amides is 1. The molecule has 2 unspecified atom stereocenters. The van der Waals surface area contributed by atoms with Crippen LogP contribution in [0.25, 0.3) is 0 Å². The predicted molar refractivity (Wildman–Crippen MR) is 62.6 cm³/mol. The van der Waals surface area contributed by atoms with Gasteiger partial charge in [0.15, 0.2) is 0 Å². The molecule has 5 heteroatoms. The molecule has 0 radical (unpaired) electrons. The second kappa shape index (κ2) is 4.64. The van der Waals surface area contributed by atoms with E-state index in [1.165, 1.54) is 0 Å². The SMILES string of the molecule is CC1(C(=O)O)CCCN(C(=O)C2CCCN2)C1. The van der Waals surface area contributed by atoms with Crippen LogP contribution in [0.15, 0.2) is 0 Å². The van der Waals surface area contributed by atoms with E-state index in [4.69, 9.17) is 0 Å². The molecule has 2 saturated heterocycles. The van der Waals surface area contributed by atoms with Crippen molar-refractivity contribution in [3.05, 3.63) is 0 Å². The summed E-state index contributed by atoms with van der Waals surface area (Å²) in [5, 5.41) is 12.4. The number of nitrogens with zero attached hydrogens (tertiary/aromatic N) is 1. The number of likely N-dealkylation sites (tertiary alicyclic amines) is 1. The fourth-order valence-corrected chi connectivity index (χ4v) is 2.72. The lowest BCUT2D eigenvalue weighted by Gasteiger charge is -2.38. The number of nitrogens with one attached hydrogen (secondary N) is 1. The van der Waals surface area contributed by atoms with Crippen molar-refractivity contribution >= 4 is 11.9 Å². The van der Waals surface area contributed by atoms with Gasteiger partial charge in [-0.15, -0.1) is 0 Å². The first-order chi connectivity index (χ1) is 8.03. The van der Waals surface area contributed by atoms with E-state index in [1.54, 1.807) is 11.8 Å². The summed E-state index contributed by atoms with van der Waals surface area (Å²) in [6.45, 7) is 3.66. The van der Waals surface area contributed by atoms with Crippen molar-refractivity contribution in [1.82, 2.24) is 10.2 Å². The van der Waals surface area contributed by atoms with E-state index in [9.17, 15) is 14.7 Å². The average Bonchev–Trinajstić information content (AvgIpc) is 2.81. The lowest BCUT2D eigenvalue weighted by atomic mass is 9.82. The van der Waals surface area contributed by atoms with Crippen molar-refractivity contribution in [1.29, 1.82) is 0 Å². The van der Waals surface area contributed by atoms with Gasteiger partial charge in [-0.25, -0.2) is 0 Å². The molecule has 2 fully saturated rings. The molecule has 2 N–H and O–H groups in total. The smallest absolute Gasteiger partial charge is 0.311 e. The zero-order valence-electron chi connectivity index (χ0n) is 10.2. The van der Waals surface area contributed by atoms with Crippen LogP contribution in [0.3, 0.4) is 0 Å². The molecule has 0 spiro atoms. The molecule has 0 bridgehead atoms. The summed E-state index contributed by atoms with van der Waals surface area (Å²) in [5.41, 5.74) is -0.771. The Morgan fingerprint density at radius 3 is 2.76 bits per heavy atom. The molecule has 96 valence electrons. The molecule has 0 aromatic heterocycles. The van der Waals surface area contributed by atoms with Gasteiger partial charge in [0.05, 0.1) is 11.5 Å². The van der Waals surface area contributed by atoms with Crippen LogP contribution in [-0.2, 0) is 9.59 Å². The summed E-state index contributed by atoms with van der Waals surface area (Å²) >= 11 is 0. The second-order valence-electron chi connectivity index (χ2n) is 5.38. The second-order valence-corrected chi connectivity index (χ2v) is 5.38. The van der Waals surface area contributed by atoms with Crippen LogP contribution in [-0.4, -0.2) is 47.6 Å². The fraction of sp³-hybridized carbons (Fsp3) is 0.833. The summed E-state index contributed by atoms with van der Waals surface area (Å²) < 4.78 is 0. The highest BCUT2D eigenvalue weighted by Crippen LogP contribution is 2.30. The maximum absolute atomic E-state index is 12.2. The molecule has 5 nitrogen and oxygen atoms in total. The zero-order chi connectivity index (χ0) is 12.5. The van der Waals surface area contributed by atoms with Gasteiger partial charge in [0.25, 0.3) is 0 Å². The molecule has 17 heavy (non-hydrogen) atoms. The molecular weight excluding hydrogens is 220 g/mol. The molecule has 2 aliphatic heterocycles. The average molecular weight is 240 g/mol. The van der Waals surface area contributed by atoms with Crippen LogP contribution in [0.4, 0.5) is 0 Å². The summed E-state index contributed by atoms with van der Waals surface area (Å²) in [5.74, 6) is -0.718. The number of rotatable bonds is 2. The van der Waals surface area contributed by atoms with Crippen molar-refractivity contribution < 1.29 is 14.7 Å². The monoisotopic (exact) mass is 240 g/mol. The van der Waals surface area contributed by atoms with Gasteiger partial charge in [-0.1, -0.05) is 0 Å². The number of carboxylic acid groups (broad SMARTS) is 1. The number of hydrogen-bond acceptors (Lipinski definition) is 3. The summed E-state index contributed by atoms with van der Waals surface area (Å²) in [4.78, 5) is 25.1. The number of carbonyl (C=O) groups excluding carboxylic acids is 1. The van der Waals surface area contributed by atoms with Gasteiger partial charge in [-0.3, -0.25) is 9.59 Å². The van der Waals surface area contributed by atoms with Crippen molar-refractivity contribution in [2.45, 2.75) is 38.6 Å². The van der Waals surface area contributed by atoms with Gasteiger partial charge in [-0.2, -0.15) is 0 Å². The molecule has 1 amide bonds. The predicted octanol–water partition coefficient (Wildman–Crippen LogP) is 0.452. The van der Waals surface area contributed by atoms with E-state index >= 15 is 0 Å². The Hall–Kier alpha value is -1.10. The van der Waals surface area contributed by atoms with Crippen LogP contribution < -0.4 is 5.32 Å². The Labute approximate surface area is 101 Å². The first-order valence-corrected chi connectivity index (χ1v) is 6.28. The van der Waals surface area contributed by atoms with Crippen molar-refractivity contribution in [3.63, 3.8) is 0 Å². The minimum atomic E-state index is -0.797. The minimum Gasteiger partial charge on any atom is -0.481 e. The number of piperidine rings is 1. The van der Waals surface area contributed by atoms with E-state index < -0.39 is 11.4 Å². The maximum atomic E-state index is 12.2. The quantitative estimate of drug-likeness (QED) is 0.735. The van der Waals surface area contributed by atoms with Crippen LogP contribution in [0.1, 0.15) is 32.6 Å². The molecule has 0 aromatic carbocycles. The Bertz CT molecular complexity index is 326. The highest BCUT2D eigenvalue weighted by atomic mass is 16.4. The van der Waals surface area contributed by atoms with Gasteiger partial charge in [0, 0.05) is 13.1 Å². The third-order valence-electron chi connectivity index (χ3n) is 3.88. The van der Waals surface area contributed by atoms with E-state index in [-0.39, 0.29) is 11.9 Å². The number of hydrogen-bond donors (Lipinski definition) is 2. The number of carbonyl (C=O) groups is 2. The molecule has 2 heterocycles. The maximum Gasteiger partial charge on any atom is 0.311 e.